The van der Waals surface area contributed by atoms with Crippen LogP contribution in [-0.2, 0) is 30.8 Å². The van der Waals surface area contributed by atoms with E-state index in [1.165, 1.54) is 11.9 Å². The second-order valence-corrected chi connectivity index (χ2v) is 14.9. The van der Waals surface area contributed by atoms with Crippen LogP contribution in [0.2, 0.25) is 0 Å². The maximum atomic E-state index is 12.9. The first-order chi connectivity index (χ1) is 21.2. The van der Waals surface area contributed by atoms with Crippen molar-refractivity contribution in [3.8, 4) is 0 Å². The third-order valence-electron chi connectivity index (χ3n) is 9.75. The second kappa shape index (κ2) is 11.9. The number of nitrogens with zero attached hydrogens (tertiary/aromatic N) is 5. The average molecular weight is 620 g/mol. The fourth-order valence-electron chi connectivity index (χ4n) is 7.17. The number of carbonyl (C=O) groups is 1. The maximum absolute atomic E-state index is 12.9. The highest BCUT2D eigenvalue weighted by Gasteiger charge is 2.57. The molecule has 11 heteroatoms. The van der Waals surface area contributed by atoms with Gasteiger partial charge in [-0.1, -0.05) is 32.9 Å². The molecule has 3 aliphatic rings. The molecule has 4 atom stereocenters. The molecule has 1 saturated carbocycles. The predicted molar refractivity (Wildman–Crippen MR) is 173 cm³/mol. The Hall–Kier alpha value is -3.12. The second-order valence-electron chi connectivity index (χ2n) is 14.9. The van der Waals surface area contributed by atoms with Gasteiger partial charge in [0.25, 0.3) is 0 Å². The number of hydrogen-bond donors (Lipinski definition) is 2. The van der Waals surface area contributed by atoms with Gasteiger partial charge in [0.2, 0.25) is 0 Å². The van der Waals surface area contributed by atoms with Gasteiger partial charge in [0.1, 0.15) is 35.9 Å². The molecule has 6 rings (SSSR count). The first kappa shape index (κ1) is 31.8. The quantitative estimate of drug-likeness (QED) is 0.304. The van der Waals surface area contributed by atoms with Crippen LogP contribution >= 0.6 is 0 Å². The highest BCUT2D eigenvalue weighted by Crippen LogP contribution is 2.45. The monoisotopic (exact) mass is 619 g/mol. The van der Waals surface area contributed by atoms with E-state index in [0.29, 0.717) is 53.5 Å². The number of nitrogens with two attached hydrogens (primary N) is 2. The zero-order valence-electron chi connectivity index (χ0n) is 27.7. The highest BCUT2D eigenvalue weighted by atomic mass is 16.8. The summed E-state index contributed by atoms with van der Waals surface area (Å²) in [6, 6.07) is 6.90. The maximum Gasteiger partial charge on any atom is 0.167 e. The van der Waals surface area contributed by atoms with Crippen molar-refractivity contribution in [2.45, 2.75) is 128 Å². The molecule has 45 heavy (non-hydrogen) atoms. The van der Waals surface area contributed by atoms with E-state index in [4.69, 9.17) is 25.7 Å². The van der Waals surface area contributed by atoms with Gasteiger partial charge in [-0.25, -0.2) is 15.0 Å². The molecule has 1 aliphatic carbocycles. The van der Waals surface area contributed by atoms with Gasteiger partial charge >= 0.3 is 0 Å². The third-order valence-corrected chi connectivity index (χ3v) is 9.75. The number of ketones is 1. The van der Waals surface area contributed by atoms with Gasteiger partial charge < -0.3 is 25.7 Å². The molecule has 4 N–H and O–H groups in total. The summed E-state index contributed by atoms with van der Waals surface area (Å²) in [4.78, 5) is 28.4. The van der Waals surface area contributed by atoms with E-state index in [2.05, 4.69) is 60.5 Å². The first-order valence-corrected chi connectivity index (χ1v) is 16.3. The molecule has 4 heterocycles. The molecule has 2 aliphatic heterocycles. The summed E-state index contributed by atoms with van der Waals surface area (Å²) in [5.41, 5.74) is 16.4. The minimum atomic E-state index is -0.726. The molecule has 11 nitrogen and oxygen atoms in total. The van der Waals surface area contributed by atoms with E-state index in [9.17, 15) is 4.79 Å². The average Bonchev–Trinajstić information content (AvgIpc) is 3.59. The fraction of sp³-hybridized carbons (Fsp3) is 0.647. The number of benzene rings is 1. The van der Waals surface area contributed by atoms with Gasteiger partial charge in [-0.3, -0.25) is 14.3 Å². The predicted octanol–water partition coefficient (Wildman–Crippen LogP) is 4.79. The summed E-state index contributed by atoms with van der Waals surface area (Å²) in [5, 5.41) is 0. The standard InChI is InChI=1S/C34H49N7O4/c1-19(2)40(23-12-20(13-23)8-11-24(42)14-21-9-10-22(15-25(21)35)33(3,4)5)16-26-28-29(45-34(6,7)44-28)32(43-26)41-18-39-27-30(36)37-17-38-31(27)41/h9-10,15,17-20,23,26,28-29,32H,8,11-14,16,35H2,1-7H3,(H2,36,37,38)/t20?,23?,26-,28-,29-,32?/m1/s1. The van der Waals surface area contributed by atoms with E-state index in [0.717, 1.165) is 31.4 Å². The summed E-state index contributed by atoms with van der Waals surface area (Å²) in [5.74, 6) is 0.403. The number of imidazole rings is 1. The van der Waals surface area contributed by atoms with Crippen molar-refractivity contribution < 1.29 is 19.0 Å². The molecule has 3 aromatic rings. The topological polar surface area (TPSA) is 144 Å². The lowest BCUT2D eigenvalue weighted by Crippen LogP contribution is -2.52. The zero-order valence-corrected chi connectivity index (χ0v) is 27.7. The number of hydrogen-bond acceptors (Lipinski definition) is 10. The summed E-state index contributed by atoms with van der Waals surface area (Å²) in [6.45, 7) is 15.6. The summed E-state index contributed by atoms with van der Waals surface area (Å²) < 4.78 is 21.4. The van der Waals surface area contributed by atoms with Crippen LogP contribution < -0.4 is 11.5 Å². The molecule has 0 radical (unpaired) electrons. The summed E-state index contributed by atoms with van der Waals surface area (Å²) >= 11 is 0. The minimum Gasteiger partial charge on any atom is -0.398 e. The van der Waals surface area contributed by atoms with Crippen LogP contribution in [0.3, 0.4) is 0 Å². The zero-order chi connectivity index (χ0) is 32.3. The molecule has 1 aromatic carbocycles. The Labute approximate surface area is 266 Å². The molecule has 1 unspecified atom stereocenters. The van der Waals surface area contributed by atoms with E-state index in [1.807, 2.05) is 30.5 Å². The van der Waals surface area contributed by atoms with Crippen molar-refractivity contribution in [3.05, 3.63) is 42.0 Å². The van der Waals surface area contributed by atoms with E-state index in [1.54, 1.807) is 6.33 Å². The Kier molecular flexibility index (Phi) is 8.43. The van der Waals surface area contributed by atoms with Crippen LogP contribution in [0, 0.1) is 5.92 Å². The SMILES string of the molecule is CC(C)N(C[C@H]1OC(n2cnc3c(N)ncnc32)[C@@H]2OC(C)(C)O[C@H]12)C1CC(CCC(=O)Cc2ccc(C(C)(C)C)cc2N)C1. The van der Waals surface area contributed by atoms with Gasteiger partial charge in [-0.05, 0) is 75.5 Å². The molecule has 0 spiro atoms. The Balaban J connectivity index is 1.06. The Bertz CT molecular complexity index is 1540. The smallest absolute Gasteiger partial charge is 0.167 e. The van der Waals surface area contributed by atoms with Crippen molar-refractivity contribution in [1.29, 1.82) is 0 Å². The van der Waals surface area contributed by atoms with Crippen molar-refractivity contribution in [2.75, 3.05) is 18.0 Å². The van der Waals surface area contributed by atoms with Crippen LogP contribution in [0.15, 0.2) is 30.9 Å². The number of anilines is 2. The van der Waals surface area contributed by atoms with Crippen LogP contribution in [0.5, 0.6) is 0 Å². The normalized spacial score (nSPS) is 27.8. The molecular formula is C34H49N7O4. The number of Topliss-reactive ketones (excluding diaryl/α,β-unsaturated/α-hetero) is 1. The van der Waals surface area contributed by atoms with Gasteiger partial charge in [0.15, 0.2) is 23.5 Å². The number of fused-ring (bicyclic) bond motifs is 2. The number of aromatic nitrogens is 4. The number of ether oxygens (including phenoxy) is 3. The van der Waals surface area contributed by atoms with Crippen molar-refractivity contribution >= 4 is 28.5 Å². The minimum absolute atomic E-state index is 0.0302. The Morgan fingerprint density at radius 1 is 1.11 bits per heavy atom. The van der Waals surface area contributed by atoms with Crippen LogP contribution in [0.25, 0.3) is 11.2 Å². The van der Waals surface area contributed by atoms with Gasteiger partial charge in [0, 0.05) is 37.2 Å². The van der Waals surface area contributed by atoms with Crippen molar-refractivity contribution in [2.24, 2.45) is 5.92 Å². The summed E-state index contributed by atoms with van der Waals surface area (Å²) in [6.07, 6.45) is 5.99. The molecular weight excluding hydrogens is 570 g/mol. The molecule has 2 saturated heterocycles. The van der Waals surface area contributed by atoms with Crippen LogP contribution in [0.4, 0.5) is 11.5 Å². The third kappa shape index (κ3) is 6.45. The van der Waals surface area contributed by atoms with Gasteiger partial charge in [-0.2, -0.15) is 0 Å². The largest absolute Gasteiger partial charge is 0.398 e. The number of nitrogen functional groups attached to an aromatic ring is 2. The van der Waals surface area contributed by atoms with Gasteiger partial charge in [0.05, 0.1) is 6.33 Å². The molecule has 2 aromatic heterocycles. The van der Waals surface area contributed by atoms with E-state index < -0.39 is 12.0 Å². The lowest BCUT2D eigenvalue weighted by Gasteiger charge is -2.46. The van der Waals surface area contributed by atoms with Crippen LogP contribution in [-0.4, -0.2) is 72.9 Å². The van der Waals surface area contributed by atoms with Crippen LogP contribution in [0.1, 0.15) is 91.5 Å². The Morgan fingerprint density at radius 2 is 1.84 bits per heavy atom. The molecule has 0 amide bonds. The fourth-order valence-corrected chi connectivity index (χ4v) is 7.17. The van der Waals surface area contributed by atoms with Gasteiger partial charge in [-0.15, -0.1) is 0 Å². The molecule has 244 valence electrons. The van der Waals surface area contributed by atoms with E-state index >= 15 is 0 Å². The number of rotatable bonds is 10. The molecule has 3 fully saturated rings. The van der Waals surface area contributed by atoms with Crippen molar-refractivity contribution in [1.82, 2.24) is 24.4 Å². The first-order valence-electron chi connectivity index (χ1n) is 16.3. The molecule has 0 bridgehead atoms. The summed E-state index contributed by atoms with van der Waals surface area (Å²) in [7, 11) is 0. The van der Waals surface area contributed by atoms with Crippen molar-refractivity contribution in [3.63, 3.8) is 0 Å². The Morgan fingerprint density at radius 3 is 2.53 bits per heavy atom. The number of carbonyl (C=O) groups excluding carboxylic acids is 1. The lowest BCUT2D eigenvalue weighted by atomic mass is 9.75. The van der Waals surface area contributed by atoms with E-state index in [-0.39, 0.29) is 29.5 Å². The lowest BCUT2D eigenvalue weighted by molar-refractivity contribution is -0.199. The highest BCUT2D eigenvalue weighted by molar-refractivity contribution is 5.82.